The van der Waals surface area contributed by atoms with Crippen molar-refractivity contribution in [2.45, 2.75) is 54.9 Å². The molecule has 178 valence electrons. The van der Waals surface area contributed by atoms with E-state index in [0.29, 0.717) is 34.4 Å². The third-order valence-corrected chi connectivity index (χ3v) is 9.22. The van der Waals surface area contributed by atoms with Crippen molar-refractivity contribution in [1.29, 1.82) is 0 Å². The van der Waals surface area contributed by atoms with Crippen LogP contribution in [-0.2, 0) is 16.0 Å². The maximum Gasteiger partial charge on any atom is 0.349 e. The first-order chi connectivity index (χ1) is 16.5. The van der Waals surface area contributed by atoms with Crippen LogP contribution in [0.5, 0.6) is 5.75 Å². The molecular weight excluding hydrogens is 492 g/mol. The summed E-state index contributed by atoms with van der Waals surface area (Å²) in [5.74, 6) is 0.490. The van der Waals surface area contributed by atoms with E-state index in [2.05, 4.69) is 9.97 Å². The number of thioether (sulfide) groups is 1. The van der Waals surface area contributed by atoms with E-state index >= 15 is 0 Å². The van der Waals surface area contributed by atoms with Crippen molar-refractivity contribution >= 4 is 50.9 Å². The molecule has 0 saturated heterocycles. The lowest BCUT2D eigenvalue weighted by Crippen LogP contribution is -2.45. The molecule has 2 aromatic heterocycles. The summed E-state index contributed by atoms with van der Waals surface area (Å²) in [5, 5.41) is 11.6. The third-order valence-electron chi connectivity index (χ3n) is 6.72. The monoisotopic (exact) mass is 516 g/mol. The van der Waals surface area contributed by atoms with Crippen molar-refractivity contribution in [3.63, 3.8) is 0 Å². The number of cyclic esters (lactones) is 1. The molecule has 1 unspecified atom stereocenters. The zero-order chi connectivity index (χ0) is 23.7. The van der Waals surface area contributed by atoms with Crippen molar-refractivity contribution in [3.8, 4) is 5.75 Å². The van der Waals surface area contributed by atoms with Crippen LogP contribution < -0.4 is 4.74 Å². The number of aliphatic hydroxyl groups is 1. The first kappa shape index (κ1) is 23.5. The molecule has 1 fully saturated rings. The van der Waals surface area contributed by atoms with Crippen molar-refractivity contribution in [2.24, 2.45) is 5.92 Å². The zero-order valence-corrected chi connectivity index (χ0v) is 21.1. The van der Waals surface area contributed by atoms with Gasteiger partial charge in [0.2, 0.25) is 0 Å². The number of esters is 1. The van der Waals surface area contributed by atoms with Gasteiger partial charge in [0.05, 0.1) is 23.0 Å². The molecule has 3 aromatic rings. The minimum atomic E-state index is -0.717. The quantitative estimate of drug-likeness (QED) is 0.349. The number of methoxy groups -OCH3 is 1. The fourth-order valence-electron chi connectivity index (χ4n) is 4.98. The SMILES string of the molecule is COc1ccc(CCC2(C3CCCC3)CC(O)=C(Sc3nc4cnccc4s3)C(=O)O2)cc1Cl. The van der Waals surface area contributed by atoms with E-state index in [9.17, 15) is 9.90 Å². The number of nitrogens with zero attached hydrogens (tertiary/aromatic N) is 2. The summed E-state index contributed by atoms with van der Waals surface area (Å²) in [6.45, 7) is 0. The van der Waals surface area contributed by atoms with Gasteiger partial charge >= 0.3 is 5.97 Å². The van der Waals surface area contributed by atoms with Gasteiger partial charge in [0, 0.05) is 12.6 Å². The van der Waals surface area contributed by atoms with Crippen molar-refractivity contribution < 1.29 is 19.4 Å². The summed E-state index contributed by atoms with van der Waals surface area (Å²) < 4.78 is 13.1. The third kappa shape index (κ3) is 4.63. The molecule has 0 amide bonds. The predicted molar refractivity (Wildman–Crippen MR) is 135 cm³/mol. The van der Waals surface area contributed by atoms with Crippen molar-refractivity contribution in [2.75, 3.05) is 7.11 Å². The van der Waals surface area contributed by atoms with Gasteiger partial charge in [0.25, 0.3) is 0 Å². The number of hydrogen-bond donors (Lipinski definition) is 1. The molecule has 1 atom stereocenters. The normalized spacial score (nSPS) is 21.3. The highest BCUT2D eigenvalue weighted by Gasteiger charge is 2.48. The number of ether oxygens (including phenoxy) is 2. The Balaban J connectivity index is 1.39. The maximum absolute atomic E-state index is 13.2. The summed E-state index contributed by atoms with van der Waals surface area (Å²) in [6.07, 6.45) is 9.27. The van der Waals surface area contributed by atoms with E-state index in [-0.39, 0.29) is 16.6 Å². The zero-order valence-electron chi connectivity index (χ0n) is 18.8. The number of thiazole rings is 1. The minimum absolute atomic E-state index is 0.0956. The number of fused-ring (bicyclic) bond motifs is 1. The summed E-state index contributed by atoms with van der Waals surface area (Å²) in [5.41, 5.74) is 1.11. The molecule has 0 radical (unpaired) electrons. The maximum atomic E-state index is 13.2. The second kappa shape index (κ2) is 9.76. The van der Waals surface area contributed by atoms with Crippen molar-refractivity contribution in [3.05, 3.63) is 57.9 Å². The Kier molecular flexibility index (Phi) is 6.73. The highest BCUT2D eigenvalue weighted by molar-refractivity contribution is 8.05. The highest BCUT2D eigenvalue weighted by Crippen LogP contribution is 2.48. The number of carbonyl (C=O) groups is 1. The second-order valence-corrected chi connectivity index (χ2v) is 11.5. The van der Waals surface area contributed by atoms with Gasteiger partial charge in [0.15, 0.2) is 4.34 Å². The van der Waals surface area contributed by atoms with E-state index in [1.165, 1.54) is 23.1 Å². The first-order valence-electron chi connectivity index (χ1n) is 11.3. The molecule has 9 heteroatoms. The molecule has 1 aliphatic carbocycles. The number of carbonyl (C=O) groups excluding carboxylic acids is 1. The number of benzene rings is 1. The Hall–Kier alpha value is -2.29. The Morgan fingerprint density at radius 2 is 2.15 bits per heavy atom. The number of aromatic nitrogens is 2. The number of aliphatic hydroxyl groups excluding tert-OH is 1. The number of pyridine rings is 1. The molecule has 5 rings (SSSR count). The number of aryl methyl sites for hydroxylation is 1. The molecule has 1 N–H and O–H groups in total. The Labute approximate surface area is 211 Å². The van der Waals surface area contributed by atoms with Crippen LogP contribution >= 0.6 is 34.7 Å². The van der Waals surface area contributed by atoms with E-state index in [4.69, 9.17) is 21.1 Å². The number of hydrogen-bond acceptors (Lipinski definition) is 8. The first-order valence-corrected chi connectivity index (χ1v) is 13.3. The lowest BCUT2D eigenvalue weighted by atomic mass is 9.77. The van der Waals surface area contributed by atoms with Crippen LogP contribution in [0.25, 0.3) is 10.2 Å². The molecule has 6 nitrogen and oxygen atoms in total. The van der Waals surface area contributed by atoms with Gasteiger partial charge in [0.1, 0.15) is 27.5 Å². The Morgan fingerprint density at radius 3 is 2.85 bits per heavy atom. The molecule has 1 aliphatic heterocycles. The van der Waals surface area contributed by atoms with E-state index in [0.717, 1.165) is 41.5 Å². The fourth-order valence-corrected chi connectivity index (χ4v) is 7.25. The van der Waals surface area contributed by atoms with Crippen LogP contribution in [0.4, 0.5) is 0 Å². The van der Waals surface area contributed by atoms with Gasteiger partial charge in [-0.15, -0.1) is 11.3 Å². The summed E-state index contributed by atoms with van der Waals surface area (Å²) in [6, 6.07) is 7.62. The fraction of sp³-hybridized carbons (Fsp3) is 0.400. The highest BCUT2D eigenvalue weighted by atomic mass is 35.5. The van der Waals surface area contributed by atoms with Gasteiger partial charge in [-0.05, 0) is 67.1 Å². The standard InChI is InChI=1S/C25H25ClN2O4S2/c1-31-20-7-6-15(12-17(20)26)8-10-25(16-4-2-3-5-16)13-19(29)22(23(30)32-25)34-24-28-18-14-27-11-9-21(18)33-24/h6-7,9,11-12,14,16,29H,2-5,8,10,13H2,1H3. The average Bonchev–Trinajstić information content (AvgIpc) is 3.50. The minimum Gasteiger partial charge on any atom is -0.511 e. The second-order valence-electron chi connectivity index (χ2n) is 8.78. The van der Waals surface area contributed by atoms with Crippen LogP contribution in [0.2, 0.25) is 5.02 Å². The number of rotatable bonds is 7. The molecule has 3 heterocycles. The van der Waals surface area contributed by atoms with Gasteiger partial charge in [-0.1, -0.05) is 30.5 Å². The molecule has 0 bridgehead atoms. The van der Waals surface area contributed by atoms with Crippen LogP contribution in [0.1, 0.15) is 44.1 Å². The predicted octanol–water partition coefficient (Wildman–Crippen LogP) is 6.72. The van der Waals surface area contributed by atoms with E-state index < -0.39 is 11.6 Å². The van der Waals surface area contributed by atoms with Gasteiger partial charge < -0.3 is 14.6 Å². The van der Waals surface area contributed by atoms with Crippen LogP contribution in [0.15, 0.2) is 51.7 Å². The van der Waals surface area contributed by atoms with Crippen LogP contribution in [0, 0.1) is 5.92 Å². The van der Waals surface area contributed by atoms with Crippen LogP contribution in [-0.4, -0.2) is 33.8 Å². The molecule has 1 aromatic carbocycles. The summed E-state index contributed by atoms with van der Waals surface area (Å²) in [7, 11) is 1.59. The van der Waals surface area contributed by atoms with Crippen molar-refractivity contribution in [1.82, 2.24) is 9.97 Å². The van der Waals surface area contributed by atoms with E-state index in [1.807, 2.05) is 24.3 Å². The Bertz CT molecular complexity index is 1220. The molecule has 1 saturated carbocycles. The molecule has 2 aliphatic rings. The summed E-state index contributed by atoms with van der Waals surface area (Å²) in [4.78, 5) is 22.1. The Morgan fingerprint density at radius 1 is 1.32 bits per heavy atom. The number of halogens is 1. The average molecular weight is 517 g/mol. The van der Waals surface area contributed by atoms with Crippen LogP contribution in [0.3, 0.4) is 0 Å². The smallest absolute Gasteiger partial charge is 0.349 e. The summed E-state index contributed by atoms with van der Waals surface area (Å²) >= 11 is 8.96. The van der Waals surface area contributed by atoms with Gasteiger partial charge in [-0.2, -0.15) is 0 Å². The van der Waals surface area contributed by atoms with E-state index in [1.54, 1.807) is 19.5 Å². The topological polar surface area (TPSA) is 81.5 Å². The lowest BCUT2D eigenvalue weighted by Gasteiger charge is -2.41. The lowest BCUT2D eigenvalue weighted by molar-refractivity contribution is -0.166. The molecule has 34 heavy (non-hydrogen) atoms. The van der Waals surface area contributed by atoms with Gasteiger partial charge in [-0.25, -0.2) is 9.78 Å². The molecular formula is C25H25ClN2O4S2. The van der Waals surface area contributed by atoms with Gasteiger partial charge in [-0.3, -0.25) is 4.98 Å². The largest absolute Gasteiger partial charge is 0.511 e. The molecule has 0 spiro atoms.